The number of carbonyl (C=O) groups is 1. The van der Waals surface area contributed by atoms with Gasteiger partial charge in [-0.15, -0.1) is 12.4 Å². The second-order valence-electron chi connectivity index (χ2n) is 5.31. The van der Waals surface area contributed by atoms with Crippen molar-refractivity contribution in [3.05, 3.63) is 29.6 Å². The lowest BCUT2D eigenvalue weighted by molar-refractivity contribution is -0.0504. The molecule has 1 fully saturated rings. The van der Waals surface area contributed by atoms with Gasteiger partial charge in [-0.2, -0.15) is 8.78 Å². The number of piperidine rings is 1. The van der Waals surface area contributed by atoms with Crippen molar-refractivity contribution in [1.82, 2.24) is 10.2 Å². The summed E-state index contributed by atoms with van der Waals surface area (Å²) in [6.45, 7) is -1.11. The summed E-state index contributed by atoms with van der Waals surface area (Å²) >= 11 is 0. The molecule has 1 aromatic carbocycles. The van der Waals surface area contributed by atoms with E-state index in [1.807, 2.05) is 7.05 Å². The monoisotopic (exact) mass is 352 g/mol. The van der Waals surface area contributed by atoms with E-state index in [1.54, 1.807) is 4.90 Å². The molecule has 1 saturated heterocycles. The van der Waals surface area contributed by atoms with Crippen LogP contribution in [-0.2, 0) is 0 Å². The number of likely N-dealkylation sites (tertiary alicyclic amines) is 1. The van der Waals surface area contributed by atoms with E-state index in [4.69, 9.17) is 0 Å². The summed E-state index contributed by atoms with van der Waals surface area (Å²) in [4.78, 5) is 14.0. The topological polar surface area (TPSA) is 41.6 Å². The second kappa shape index (κ2) is 8.98. The van der Waals surface area contributed by atoms with Crippen LogP contribution in [0.5, 0.6) is 5.75 Å². The Balaban J connectivity index is 0.00000264. The summed E-state index contributed by atoms with van der Waals surface area (Å²) in [7, 11) is 1.88. The van der Waals surface area contributed by atoms with Crippen molar-refractivity contribution in [3.8, 4) is 5.75 Å². The minimum absolute atomic E-state index is 0. The Labute approximate surface area is 139 Å². The van der Waals surface area contributed by atoms with Crippen molar-refractivity contribution in [3.63, 3.8) is 0 Å². The maximum Gasteiger partial charge on any atom is 0.387 e. The smallest absolute Gasteiger partial charge is 0.387 e. The molecule has 0 aliphatic carbocycles. The molecule has 0 spiro atoms. The largest absolute Gasteiger partial charge is 0.434 e. The third-order valence-corrected chi connectivity index (χ3v) is 3.78. The van der Waals surface area contributed by atoms with Gasteiger partial charge in [0, 0.05) is 19.2 Å². The lowest BCUT2D eigenvalue weighted by atomic mass is 9.96. The van der Waals surface area contributed by atoms with Crippen LogP contribution < -0.4 is 10.1 Å². The van der Waals surface area contributed by atoms with Gasteiger partial charge in [-0.3, -0.25) is 4.79 Å². The van der Waals surface area contributed by atoms with Crippen LogP contribution in [-0.4, -0.2) is 44.1 Å². The molecule has 1 aromatic rings. The average molecular weight is 353 g/mol. The average Bonchev–Trinajstić information content (AvgIpc) is 2.47. The first-order valence-electron chi connectivity index (χ1n) is 7.19. The summed E-state index contributed by atoms with van der Waals surface area (Å²) in [5, 5.41) is 3.10. The number of ether oxygens (including phenoxy) is 1. The maximum absolute atomic E-state index is 13.2. The van der Waals surface area contributed by atoms with Crippen LogP contribution in [0.2, 0.25) is 0 Å². The van der Waals surface area contributed by atoms with E-state index in [-0.39, 0.29) is 18.0 Å². The van der Waals surface area contributed by atoms with Crippen LogP contribution in [0.4, 0.5) is 13.2 Å². The van der Waals surface area contributed by atoms with Crippen LogP contribution in [0, 0.1) is 11.7 Å². The summed E-state index contributed by atoms with van der Waals surface area (Å²) in [5.74, 6) is -1.05. The van der Waals surface area contributed by atoms with Gasteiger partial charge in [0.15, 0.2) is 0 Å². The number of alkyl halides is 2. The van der Waals surface area contributed by atoms with Crippen LogP contribution in [0.1, 0.15) is 23.2 Å². The quantitative estimate of drug-likeness (QED) is 0.886. The number of rotatable bonds is 5. The van der Waals surface area contributed by atoms with Crippen molar-refractivity contribution in [1.29, 1.82) is 0 Å². The molecule has 8 heteroatoms. The Morgan fingerprint density at radius 3 is 2.61 bits per heavy atom. The summed E-state index contributed by atoms with van der Waals surface area (Å²) in [5.41, 5.74) is -0.0335. The van der Waals surface area contributed by atoms with E-state index in [0.29, 0.717) is 19.0 Å². The maximum atomic E-state index is 13.2. The van der Waals surface area contributed by atoms with Gasteiger partial charge in [-0.25, -0.2) is 4.39 Å². The van der Waals surface area contributed by atoms with E-state index in [2.05, 4.69) is 10.1 Å². The van der Waals surface area contributed by atoms with Gasteiger partial charge >= 0.3 is 6.61 Å². The molecule has 0 radical (unpaired) electrons. The molecule has 0 unspecified atom stereocenters. The first kappa shape index (κ1) is 19.6. The second-order valence-corrected chi connectivity index (χ2v) is 5.31. The van der Waals surface area contributed by atoms with Crippen LogP contribution in [0.25, 0.3) is 0 Å². The number of halogens is 4. The fourth-order valence-corrected chi connectivity index (χ4v) is 2.67. The summed E-state index contributed by atoms with van der Waals surface area (Å²) in [6, 6.07) is 3.07. The zero-order chi connectivity index (χ0) is 16.1. The predicted octanol–water partition coefficient (Wildman–Crippen LogP) is 2.92. The van der Waals surface area contributed by atoms with Gasteiger partial charge in [0.1, 0.15) is 11.6 Å². The number of hydrogen-bond acceptors (Lipinski definition) is 3. The number of nitrogens with one attached hydrogen (secondary N) is 1. The Bertz CT molecular complexity index is 523. The molecule has 0 saturated carbocycles. The molecule has 0 aromatic heterocycles. The van der Waals surface area contributed by atoms with Gasteiger partial charge in [0.2, 0.25) is 0 Å². The standard InChI is InChI=1S/C15H19F3N2O2.ClH/c1-19-9-10-4-6-20(7-5-10)14(21)12-3-2-11(16)8-13(12)22-15(17)18;/h2-3,8,10,15,19H,4-7,9H2,1H3;1H. The van der Waals surface area contributed by atoms with Gasteiger partial charge in [0.25, 0.3) is 5.91 Å². The molecule has 2 rings (SSSR count). The third-order valence-electron chi connectivity index (χ3n) is 3.78. The van der Waals surface area contributed by atoms with Gasteiger partial charge < -0.3 is 15.0 Å². The number of hydrogen-bond donors (Lipinski definition) is 1. The zero-order valence-electron chi connectivity index (χ0n) is 12.7. The summed E-state index contributed by atoms with van der Waals surface area (Å²) < 4.78 is 42.2. The lowest BCUT2D eigenvalue weighted by Gasteiger charge is -2.32. The van der Waals surface area contributed by atoms with Gasteiger partial charge in [-0.1, -0.05) is 0 Å². The Morgan fingerprint density at radius 2 is 2.04 bits per heavy atom. The first-order chi connectivity index (χ1) is 10.5. The minimum atomic E-state index is -3.10. The SMILES string of the molecule is CNCC1CCN(C(=O)c2ccc(F)cc2OC(F)F)CC1.Cl. The molecular formula is C15H20ClF3N2O2. The van der Waals surface area contributed by atoms with E-state index >= 15 is 0 Å². The van der Waals surface area contributed by atoms with Crippen LogP contribution >= 0.6 is 12.4 Å². The van der Waals surface area contributed by atoms with E-state index in [9.17, 15) is 18.0 Å². The predicted molar refractivity (Wildman–Crippen MR) is 82.8 cm³/mol. The highest BCUT2D eigenvalue weighted by atomic mass is 35.5. The van der Waals surface area contributed by atoms with E-state index in [1.165, 1.54) is 6.07 Å². The lowest BCUT2D eigenvalue weighted by Crippen LogP contribution is -2.40. The Hall–Kier alpha value is -1.47. The van der Waals surface area contributed by atoms with Crippen molar-refractivity contribution < 1.29 is 22.7 Å². The highest BCUT2D eigenvalue weighted by molar-refractivity contribution is 5.97. The van der Waals surface area contributed by atoms with Crippen molar-refractivity contribution >= 4 is 18.3 Å². The third kappa shape index (κ3) is 5.28. The fourth-order valence-electron chi connectivity index (χ4n) is 2.67. The molecule has 1 heterocycles. The minimum Gasteiger partial charge on any atom is -0.434 e. The molecule has 1 N–H and O–H groups in total. The Kier molecular flexibility index (Phi) is 7.64. The highest BCUT2D eigenvalue weighted by Crippen LogP contribution is 2.26. The molecule has 1 amide bonds. The Morgan fingerprint density at radius 1 is 1.39 bits per heavy atom. The molecule has 0 bridgehead atoms. The van der Waals surface area contributed by atoms with Crippen molar-refractivity contribution in [2.45, 2.75) is 19.5 Å². The van der Waals surface area contributed by atoms with Gasteiger partial charge in [0.05, 0.1) is 5.56 Å². The molecule has 1 aliphatic rings. The molecule has 1 aliphatic heterocycles. The van der Waals surface area contributed by atoms with Crippen molar-refractivity contribution in [2.24, 2.45) is 5.92 Å². The summed E-state index contributed by atoms with van der Waals surface area (Å²) in [6.07, 6.45) is 1.69. The van der Waals surface area contributed by atoms with Crippen molar-refractivity contribution in [2.75, 3.05) is 26.7 Å². The first-order valence-corrected chi connectivity index (χ1v) is 7.19. The number of amides is 1. The molecule has 0 atom stereocenters. The highest BCUT2D eigenvalue weighted by Gasteiger charge is 2.26. The normalized spacial score (nSPS) is 15.4. The molecule has 23 heavy (non-hydrogen) atoms. The molecule has 4 nitrogen and oxygen atoms in total. The van der Waals surface area contributed by atoms with Gasteiger partial charge in [-0.05, 0) is 44.5 Å². The van der Waals surface area contributed by atoms with Crippen LogP contribution in [0.15, 0.2) is 18.2 Å². The number of benzene rings is 1. The number of nitrogens with zero attached hydrogens (tertiary/aromatic N) is 1. The van der Waals surface area contributed by atoms with Crippen LogP contribution in [0.3, 0.4) is 0 Å². The molecular weight excluding hydrogens is 333 g/mol. The fraction of sp³-hybridized carbons (Fsp3) is 0.533. The number of carbonyl (C=O) groups excluding carboxylic acids is 1. The zero-order valence-corrected chi connectivity index (χ0v) is 13.5. The van der Waals surface area contributed by atoms with E-state index in [0.717, 1.165) is 31.5 Å². The molecule has 130 valence electrons. The van der Waals surface area contributed by atoms with E-state index < -0.39 is 24.1 Å².